The Morgan fingerprint density at radius 2 is 2.14 bits per heavy atom. The summed E-state index contributed by atoms with van der Waals surface area (Å²) in [6.07, 6.45) is 5.89. The Labute approximate surface area is 137 Å². The topological polar surface area (TPSA) is 20.5 Å². The summed E-state index contributed by atoms with van der Waals surface area (Å²) >= 11 is 1.93. The van der Waals surface area contributed by atoms with E-state index in [9.17, 15) is 0 Å². The normalized spacial score (nSPS) is 17.0. The Morgan fingerprint density at radius 3 is 2.91 bits per heavy atom. The molecule has 2 heterocycles. The second kappa shape index (κ2) is 7.23. The number of rotatable bonds is 6. The minimum Gasteiger partial charge on any atom is -0.363 e. The maximum atomic E-state index is 4.76. The summed E-state index contributed by atoms with van der Waals surface area (Å²) in [5.41, 5.74) is 1.36. The van der Waals surface area contributed by atoms with Crippen LogP contribution >= 0.6 is 11.8 Å². The van der Waals surface area contributed by atoms with Crippen molar-refractivity contribution in [1.82, 2.24) is 9.47 Å². The van der Waals surface area contributed by atoms with E-state index in [1.54, 1.807) is 0 Å². The van der Waals surface area contributed by atoms with Gasteiger partial charge in [0.25, 0.3) is 0 Å². The van der Waals surface area contributed by atoms with E-state index in [-0.39, 0.29) is 0 Å². The molecule has 0 N–H and O–H groups in total. The summed E-state index contributed by atoms with van der Waals surface area (Å²) in [6, 6.07) is 8.73. The Kier molecular flexibility index (Phi) is 5.08. The first-order valence-electron chi connectivity index (χ1n) is 8.24. The highest BCUT2D eigenvalue weighted by atomic mass is 32.2. The summed E-state index contributed by atoms with van der Waals surface area (Å²) in [7, 11) is 2.15. The molecule has 22 heavy (non-hydrogen) atoms. The summed E-state index contributed by atoms with van der Waals surface area (Å²) in [4.78, 5) is 8.44. The molecule has 1 aliphatic rings. The predicted molar refractivity (Wildman–Crippen MR) is 97.1 cm³/mol. The van der Waals surface area contributed by atoms with E-state index < -0.39 is 0 Å². The lowest BCUT2D eigenvalue weighted by Gasteiger charge is -2.10. The van der Waals surface area contributed by atoms with Gasteiger partial charge in [-0.3, -0.25) is 4.99 Å². The molecule has 1 fully saturated rings. The minimum atomic E-state index is 0.914. The van der Waals surface area contributed by atoms with E-state index in [4.69, 9.17) is 4.99 Å². The Hall–Kier alpha value is -1.42. The number of aryl methyl sites for hydroxylation is 1. The maximum absolute atomic E-state index is 4.76. The zero-order chi connectivity index (χ0) is 15.4. The molecular formula is C18H25N3S. The van der Waals surface area contributed by atoms with Gasteiger partial charge < -0.3 is 9.47 Å². The maximum Gasteiger partial charge on any atom is 0.0987 e. The van der Waals surface area contributed by atoms with Crippen molar-refractivity contribution < 1.29 is 0 Å². The first-order chi connectivity index (χ1) is 10.8. The van der Waals surface area contributed by atoms with Crippen molar-refractivity contribution in [1.29, 1.82) is 0 Å². The van der Waals surface area contributed by atoms with Crippen LogP contribution in [0, 0.1) is 0 Å². The van der Waals surface area contributed by atoms with E-state index in [1.165, 1.54) is 34.5 Å². The highest BCUT2D eigenvalue weighted by Gasteiger charge is 2.13. The van der Waals surface area contributed by atoms with Gasteiger partial charge in [0.15, 0.2) is 0 Å². The van der Waals surface area contributed by atoms with Gasteiger partial charge in [0.2, 0.25) is 0 Å². The molecule has 0 bridgehead atoms. The molecule has 3 nitrogen and oxygen atoms in total. The van der Waals surface area contributed by atoms with Crippen molar-refractivity contribution in [2.45, 2.75) is 37.6 Å². The summed E-state index contributed by atoms with van der Waals surface area (Å²) < 4.78 is 2.38. The lowest BCUT2D eigenvalue weighted by molar-refractivity contribution is 0.548. The molecule has 0 saturated carbocycles. The third-order valence-corrected chi connectivity index (χ3v) is 5.22. The van der Waals surface area contributed by atoms with Crippen LogP contribution in [0.4, 0.5) is 0 Å². The van der Waals surface area contributed by atoms with Crippen LogP contribution in [0.1, 0.15) is 26.2 Å². The number of thioether (sulfide) groups is 1. The van der Waals surface area contributed by atoms with Crippen molar-refractivity contribution >= 4 is 28.5 Å². The molecule has 3 rings (SSSR count). The third-order valence-electron chi connectivity index (χ3n) is 4.19. The van der Waals surface area contributed by atoms with Crippen molar-refractivity contribution in [2.75, 3.05) is 25.9 Å². The van der Waals surface area contributed by atoms with E-state index in [1.807, 2.05) is 11.8 Å². The van der Waals surface area contributed by atoms with Gasteiger partial charge in [-0.05, 0) is 18.9 Å². The minimum absolute atomic E-state index is 0.914. The summed E-state index contributed by atoms with van der Waals surface area (Å²) in [5.74, 6) is 2.34. The molecule has 0 unspecified atom stereocenters. The highest BCUT2D eigenvalue weighted by Crippen LogP contribution is 2.30. The average molecular weight is 315 g/mol. The monoisotopic (exact) mass is 315 g/mol. The molecule has 2 aromatic rings. The standard InChI is InChI=1S/C18H25N3S/c1-3-11-21-14-17(15-7-4-5-8-16(15)21)22-13-10-19-18-9-6-12-20(18)2/h4-5,7-8,14H,3,6,9-13H2,1-2H3/b19-18+. The molecule has 0 radical (unpaired) electrons. The van der Waals surface area contributed by atoms with Crippen LogP contribution in [0.2, 0.25) is 0 Å². The summed E-state index contributed by atoms with van der Waals surface area (Å²) in [6.45, 7) is 5.40. The van der Waals surface area contributed by atoms with Gasteiger partial charge in [0.1, 0.15) is 0 Å². The van der Waals surface area contributed by atoms with Crippen LogP contribution in [-0.4, -0.2) is 41.2 Å². The van der Waals surface area contributed by atoms with Crippen LogP contribution in [-0.2, 0) is 6.54 Å². The number of amidine groups is 1. The molecule has 0 atom stereocenters. The van der Waals surface area contributed by atoms with Gasteiger partial charge in [-0.15, -0.1) is 11.8 Å². The lowest BCUT2D eigenvalue weighted by Crippen LogP contribution is -2.19. The molecule has 1 aromatic carbocycles. The van der Waals surface area contributed by atoms with Crippen LogP contribution in [0.5, 0.6) is 0 Å². The van der Waals surface area contributed by atoms with Crippen LogP contribution in [0.15, 0.2) is 40.4 Å². The molecule has 1 aromatic heterocycles. The second-order valence-electron chi connectivity index (χ2n) is 5.88. The Morgan fingerprint density at radius 1 is 1.27 bits per heavy atom. The van der Waals surface area contributed by atoms with Crippen LogP contribution in [0.25, 0.3) is 10.9 Å². The van der Waals surface area contributed by atoms with Crippen LogP contribution < -0.4 is 0 Å². The van der Waals surface area contributed by atoms with Gasteiger partial charge in [-0.2, -0.15) is 0 Å². The van der Waals surface area contributed by atoms with Gasteiger partial charge in [0.05, 0.1) is 12.4 Å². The largest absolute Gasteiger partial charge is 0.363 e. The van der Waals surface area contributed by atoms with Crippen molar-refractivity contribution in [3.8, 4) is 0 Å². The van der Waals surface area contributed by atoms with Crippen molar-refractivity contribution in [2.24, 2.45) is 4.99 Å². The van der Waals surface area contributed by atoms with E-state index in [2.05, 4.69) is 53.9 Å². The quantitative estimate of drug-likeness (QED) is 0.586. The first kappa shape index (κ1) is 15.5. The van der Waals surface area contributed by atoms with Crippen molar-refractivity contribution in [3.05, 3.63) is 30.5 Å². The van der Waals surface area contributed by atoms with Gasteiger partial charge >= 0.3 is 0 Å². The lowest BCUT2D eigenvalue weighted by atomic mass is 10.2. The molecule has 4 heteroatoms. The molecule has 0 amide bonds. The number of nitrogens with zero attached hydrogens (tertiary/aromatic N) is 3. The highest BCUT2D eigenvalue weighted by molar-refractivity contribution is 7.99. The number of hydrogen-bond donors (Lipinski definition) is 0. The molecule has 0 aliphatic carbocycles. The Balaban J connectivity index is 1.66. The fourth-order valence-electron chi connectivity index (χ4n) is 3.08. The van der Waals surface area contributed by atoms with E-state index in [0.717, 1.165) is 31.8 Å². The van der Waals surface area contributed by atoms with Gasteiger partial charge in [-0.25, -0.2) is 0 Å². The van der Waals surface area contributed by atoms with Gasteiger partial charge in [-0.1, -0.05) is 25.1 Å². The number of hydrogen-bond acceptors (Lipinski definition) is 2. The number of aliphatic imine (C=N–C) groups is 1. The third kappa shape index (κ3) is 3.32. The average Bonchev–Trinajstić information content (AvgIpc) is 3.09. The number of fused-ring (bicyclic) bond motifs is 1. The first-order valence-corrected chi connectivity index (χ1v) is 9.23. The van der Waals surface area contributed by atoms with Crippen molar-refractivity contribution in [3.63, 3.8) is 0 Å². The number of likely N-dealkylation sites (tertiary alicyclic amines) is 1. The zero-order valence-electron chi connectivity index (χ0n) is 13.6. The Bertz CT molecular complexity index is 659. The van der Waals surface area contributed by atoms with Crippen LogP contribution in [0.3, 0.4) is 0 Å². The molecule has 0 spiro atoms. The number of aromatic nitrogens is 1. The molecule has 118 valence electrons. The second-order valence-corrected chi connectivity index (χ2v) is 7.01. The fourth-order valence-corrected chi connectivity index (χ4v) is 4.01. The SMILES string of the molecule is CCCn1cc(SCC/N=C2\CCCN2C)c2ccccc21. The van der Waals surface area contributed by atoms with E-state index >= 15 is 0 Å². The number of para-hydroxylation sites is 1. The zero-order valence-corrected chi connectivity index (χ0v) is 14.4. The summed E-state index contributed by atoms with van der Waals surface area (Å²) in [5, 5.41) is 1.38. The number of benzene rings is 1. The molecule has 1 aliphatic heterocycles. The fraction of sp³-hybridized carbons (Fsp3) is 0.500. The molecule has 1 saturated heterocycles. The predicted octanol–water partition coefficient (Wildman–Crippen LogP) is 4.27. The smallest absolute Gasteiger partial charge is 0.0987 e. The van der Waals surface area contributed by atoms with E-state index in [0.29, 0.717) is 0 Å². The molecular weight excluding hydrogens is 290 g/mol. The van der Waals surface area contributed by atoms with Gasteiger partial charge in [0, 0.05) is 54.3 Å².